The summed E-state index contributed by atoms with van der Waals surface area (Å²) < 4.78 is 35.4. The molecule has 30 heavy (non-hydrogen) atoms. The molecule has 160 valence electrons. The number of rotatable bonds is 6. The number of nitrogens with one attached hydrogen (secondary N) is 2. The Balaban J connectivity index is 0.00000218. The number of carbonyl (C=O) groups excluding carboxylic acids is 2. The fraction of sp³-hybridized carbons (Fsp3) is 0.250. The van der Waals surface area contributed by atoms with Gasteiger partial charge in [-0.15, -0.1) is 13.2 Å². The number of hydrogen-bond donors (Lipinski definition) is 3. The number of hydrogen-bond acceptors (Lipinski definition) is 6. The molecule has 0 fully saturated rings. The first-order chi connectivity index (χ1) is 14.3. The lowest BCUT2D eigenvalue weighted by atomic mass is 9.95. The van der Waals surface area contributed by atoms with Crippen molar-refractivity contribution in [1.82, 2.24) is 15.2 Å². The average Bonchev–Trinajstić information content (AvgIpc) is 3.30. The van der Waals surface area contributed by atoms with Gasteiger partial charge in [0, 0.05) is 24.4 Å². The molecule has 0 saturated carbocycles. The molecule has 0 spiro atoms. The highest BCUT2D eigenvalue weighted by Gasteiger charge is 2.48. The van der Waals surface area contributed by atoms with Crippen LogP contribution in [0.15, 0.2) is 49.7 Å². The van der Waals surface area contributed by atoms with E-state index in [0.717, 1.165) is 18.9 Å². The van der Waals surface area contributed by atoms with Crippen molar-refractivity contribution in [2.75, 3.05) is 7.11 Å². The quantitative estimate of drug-likeness (QED) is 0.279. The lowest BCUT2D eigenvalue weighted by Crippen LogP contribution is -2.62. The van der Waals surface area contributed by atoms with Crippen LogP contribution in [0.4, 0.5) is 8.78 Å². The van der Waals surface area contributed by atoms with Crippen LogP contribution in [0, 0.1) is 11.8 Å². The molecule has 1 aromatic carbocycles. The van der Waals surface area contributed by atoms with E-state index in [1.54, 1.807) is 24.4 Å². The van der Waals surface area contributed by atoms with Gasteiger partial charge in [-0.3, -0.25) is 14.8 Å². The molecule has 0 aliphatic heterocycles. The summed E-state index contributed by atoms with van der Waals surface area (Å²) in [5.41, 5.74) is -0.332. The number of methoxy groups -OCH3 is 1. The van der Waals surface area contributed by atoms with Crippen molar-refractivity contribution in [3.05, 3.63) is 65.7 Å². The zero-order chi connectivity index (χ0) is 22.7. The number of alkyl halides is 2. The van der Waals surface area contributed by atoms with E-state index in [1.807, 2.05) is 0 Å². The van der Waals surface area contributed by atoms with E-state index in [1.165, 1.54) is 29.1 Å². The topological polar surface area (TPSA) is 101 Å². The summed E-state index contributed by atoms with van der Waals surface area (Å²) in [5.74, 6) is 3.79. The number of carbonyl (C=O) groups is 2. The SMILES string of the molecule is C=C.COC(C)(C(F)F)C(NC(=O)c1ccc(C#Cc2ccns2)cc1)C(=O)NO. The molecular formula is C20H21F2N3O4S. The number of amides is 2. The van der Waals surface area contributed by atoms with Crippen LogP contribution in [0.2, 0.25) is 0 Å². The standard InChI is InChI=1S/C18H17F2N3O4S.C2H4/c1-18(27-2,17(19)20)14(16(25)23-26)22-15(24)12-6-3-11(4-7-12)5-8-13-9-10-21-28-13;1-2/h3-4,6-7,9-10,14,17,26H,1-2H3,(H,22,24)(H,23,25);1-2H2. The van der Waals surface area contributed by atoms with Gasteiger partial charge in [-0.25, -0.2) is 14.3 Å². The second kappa shape index (κ2) is 11.8. The summed E-state index contributed by atoms with van der Waals surface area (Å²) >= 11 is 1.25. The van der Waals surface area contributed by atoms with Gasteiger partial charge in [0.2, 0.25) is 0 Å². The summed E-state index contributed by atoms with van der Waals surface area (Å²) in [6.07, 6.45) is -1.47. The van der Waals surface area contributed by atoms with Gasteiger partial charge in [0.05, 0.1) is 4.88 Å². The van der Waals surface area contributed by atoms with Crippen LogP contribution in [-0.2, 0) is 9.53 Å². The molecule has 1 aromatic heterocycles. The minimum atomic E-state index is -3.11. The van der Waals surface area contributed by atoms with Crippen LogP contribution in [0.3, 0.4) is 0 Å². The molecule has 2 amide bonds. The fourth-order valence-corrected chi connectivity index (χ4v) is 2.65. The number of ether oxygens (including phenoxy) is 1. The van der Waals surface area contributed by atoms with Crippen LogP contribution in [0.5, 0.6) is 0 Å². The van der Waals surface area contributed by atoms with E-state index < -0.39 is 29.9 Å². The Labute approximate surface area is 176 Å². The lowest BCUT2D eigenvalue weighted by Gasteiger charge is -2.34. The zero-order valence-corrected chi connectivity index (χ0v) is 17.1. The maximum atomic E-state index is 13.4. The minimum absolute atomic E-state index is 0.117. The third-order valence-electron chi connectivity index (χ3n) is 4.01. The van der Waals surface area contributed by atoms with Gasteiger partial charge < -0.3 is 10.1 Å². The first-order valence-electron chi connectivity index (χ1n) is 8.42. The van der Waals surface area contributed by atoms with E-state index in [0.29, 0.717) is 5.56 Å². The van der Waals surface area contributed by atoms with Gasteiger partial charge in [0.1, 0.15) is 6.04 Å². The summed E-state index contributed by atoms with van der Waals surface area (Å²) in [6.45, 7) is 6.95. The van der Waals surface area contributed by atoms with E-state index in [9.17, 15) is 18.4 Å². The Morgan fingerprint density at radius 2 is 1.87 bits per heavy atom. The van der Waals surface area contributed by atoms with Gasteiger partial charge in [0.15, 0.2) is 5.60 Å². The van der Waals surface area contributed by atoms with Gasteiger partial charge >= 0.3 is 0 Å². The maximum Gasteiger partial charge on any atom is 0.269 e. The van der Waals surface area contributed by atoms with Gasteiger partial charge in [0.25, 0.3) is 18.2 Å². The van der Waals surface area contributed by atoms with Crippen molar-refractivity contribution in [1.29, 1.82) is 0 Å². The maximum absolute atomic E-state index is 13.4. The van der Waals surface area contributed by atoms with Crippen molar-refractivity contribution < 1.29 is 28.3 Å². The summed E-state index contributed by atoms with van der Waals surface area (Å²) in [7, 11) is 0.979. The molecule has 0 aliphatic rings. The number of nitrogens with zero attached hydrogens (tertiary/aromatic N) is 1. The van der Waals surface area contributed by atoms with Gasteiger partial charge in [-0.2, -0.15) is 4.37 Å². The molecule has 3 N–H and O–H groups in total. The second-order valence-corrected chi connectivity index (χ2v) is 6.61. The Morgan fingerprint density at radius 1 is 1.23 bits per heavy atom. The van der Waals surface area contributed by atoms with Gasteiger partial charge in [-0.05, 0) is 54.7 Å². The fourth-order valence-electron chi connectivity index (χ4n) is 2.20. The molecule has 2 atom stereocenters. The third-order valence-corrected chi connectivity index (χ3v) is 4.67. The predicted molar refractivity (Wildman–Crippen MR) is 108 cm³/mol. The number of benzene rings is 1. The van der Waals surface area contributed by atoms with E-state index in [4.69, 9.17) is 9.94 Å². The highest BCUT2D eigenvalue weighted by molar-refractivity contribution is 7.06. The molecule has 7 nitrogen and oxygen atoms in total. The Kier molecular flexibility index (Phi) is 9.77. The van der Waals surface area contributed by atoms with E-state index in [2.05, 4.69) is 34.7 Å². The highest BCUT2D eigenvalue weighted by Crippen LogP contribution is 2.24. The largest absolute Gasteiger partial charge is 0.370 e. The molecule has 2 rings (SSSR count). The van der Waals surface area contributed by atoms with Crippen molar-refractivity contribution in [2.24, 2.45) is 0 Å². The molecular weight excluding hydrogens is 416 g/mol. The van der Waals surface area contributed by atoms with Crippen LogP contribution >= 0.6 is 11.5 Å². The number of hydroxylamine groups is 1. The molecule has 2 aromatic rings. The molecule has 10 heteroatoms. The Morgan fingerprint density at radius 3 is 2.33 bits per heavy atom. The monoisotopic (exact) mass is 437 g/mol. The Bertz CT molecular complexity index is 895. The lowest BCUT2D eigenvalue weighted by molar-refractivity contribution is -0.157. The van der Waals surface area contributed by atoms with Crippen molar-refractivity contribution in [3.8, 4) is 11.8 Å². The van der Waals surface area contributed by atoms with Crippen LogP contribution in [-0.4, -0.2) is 46.6 Å². The van der Waals surface area contributed by atoms with E-state index >= 15 is 0 Å². The average molecular weight is 437 g/mol. The summed E-state index contributed by atoms with van der Waals surface area (Å²) in [4.78, 5) is 25.0. The number of aromatic nitrogens is 1. The summed E-state index contributed by atoms with van der Waals surface area (Å²) in [6, 6.07) is 5.96. The second-order valence-electron chi connectivity index (χ2n) is 5.78. The Hall–Kier alpha value is -3.13. The van der Waals surface area contributed by atoms with Gasteiger partial charge in [-0.1, -0.05) is 5.92 Å². The van der Waals surface area contributed by atoms with Crippen LogP contribution in [0.1, 0.15) is 27.7 Å². The molecule has 0 radical (unpaired) electrons. The normalized spacial score (nSPS) is 13.0. The number of halogens is 2. The third kappa shape index (κ3) is 6.18. The zero-order valence-electron chi connectivity index (χ0n) is 16.3. The predicted octanol–water partition coefficient (Wildman–Crippen LogP) is 2.62. The molecule has 1 heterocycles. The molecule has 2 unspecified atom stereocenters. The highest BCUT2D eigenvalue weighted by atomic mass is 32.1. The first kappa shape index (κ1) is 24.9. The van der Waals surface area contributed by atoms with Crippen molar-refractivity contribution in [3.63, 3.8) is 0 Å². The molecule has 0 aliphatic carbocycles. The van der Waals surface area contributed by atoms with Crippen LogP contribution < -0.4 is 10.8 Å². The first-order valence-corrected chi connectivity index (χ1v) is 9.20. The van der Waals surface area contributed by atoms with Crippen molar-refractivity contribution >= 4 is 23.3 Å². The molecule has 0 saturated heterocycles. The van der Waals surface area contributed by atoms with Crippen molar-refractivity contribution in [2.45, 2.75) is 25.0 Å². The van der Waals surface area contributed by atoms with E-state index in [-0.39, 0.29) is 5.56 Å². The summed E-state index contributed by atoms with van der Waals surface area (Å²) in [5, 5.41) is 11.0. The smallest absolute Gasteiger partial charge is 0.269 e. The van der Waals surface area contributed by atoms with Crippen LogP contribution in [0.25, 0.3) is 0 Å². The minimum Gasteiger partial charge on any atom is -0.370 e. The molecule has 0 bridgehead atoms.